The van der Waals surface area contributed by atoms with Gasteiger partial charge in [0, 0.05) is 17.8 Å². The lowest BCUT2D eigenvalue weighted by atomic mass is 10.1. The molecule has 0 aliphatic carbocycles. The molecule has 1 heterocycles. The van der Waals surface area contributed by atoms with Crippen molar-refractivity contribution in [1.29, 1.82) is 5.26 Å². The Morgan fingerprint density at radius 1 is 1.38 bits per heavy atom. The lowest BCUT2D eigenvalue weighted by Crippen LogP contribution is -2.18. The molecule has 0 aliphatic heterocycles. The number of aromatic nitrogens is 1. The minimum Gasteiger partial charge on any atom is -0.438 e. The minimum absolute atomic E-state index is 0.151. The third kappa shape index (κ3) is 3.59. The first-order valence-corrected chi connectivity index (χ1v) is 7.02. The fourth-order valence-corrected chi connectivity index (χ4v) is 2.12. The summed E-state index contributed by atoms with van der Waals surface area (Å²) in [7, 11) is 0. The Bertz CT molecular complexity index is 661. The van der Waals surface area contributed by atoms with Gasteiger partial charge in [-0.05, 0) is 44.2 Å². The second kappa shape index (κ2) is 6.87. The van der Waals surface area contributed by atoms with Crippen LogP contribution in [0.2, 0.25) is 0 Å². The first-order valence-electron chi connectivity index (χ1n) is 7.02. The molecule has 2 aromatic rings. The molecule has 1 atom stereocenters. The summed E-state index contributed by atoms with van der Waals surface area (Å²) in [6.45, 7) is 6.96. The normalized spacial score (nSPS) is 11.7. The van der Waals surface area contributed by atoms with Crippen LogP contribution in [-0.2, 0) is 0 Å². The average molecular weight is 281 g/mol. The number of hydrogen-bond acceptors (Lipinski definition) is 4. The molecule has 0 radical (unpaired) electrons. The van der Waals surface area contributed by atoms with Crippen molar-refractivity contribution < 1.29 is 4.74 Å². The number of aryl methyl sites for hydroxylation is 1. The number of nitriles is 1. The van der Waals surface area contributed by atoms with Crippen LogP contribution in [0.1, 0.15) is 36.6 Å². The predicted octanol–water partition coefficient (Wildman–Crippen LogP) is 3.72. The number of hydrogen-bond donors (Lipinski definition) is 1. The van der Waals surface area contributed by atoms with E-state index in [4.69, 9.17) is 10.00 Å². The maximum atomic E-state index is 9.00. The summed E-state index contributed by atoms with van der Waals surface area (Å²) in [4.78, 5) is 4.33. The van der Waals surface area contributed by atoms with Crippen LogP contribution in [0.4, 0.5) is 0 Å². The lowest BCUT2D eigenvalue weighted by molar-refractivity contribution is 0.441. The molecule has 0 bridgehead atoms. The number of benzene rings is 1. The summed E-state index contributed by atoms with van der Waals surface area (Å²) < 4.78 is 5.95. The molecule has 0 aliphatic rings. The summed E-state index contributed by atoms with van der Waals surface area (Å²) in [6.07, 6.45) is 1.71. The molecule has 0 amide bonds. The topological polar surface area (TPSA) is 57.9 Å². The molecule has 0 spiro atoms. The van der Waals surface area contributed by atoms with Crippen molar-refractivity contribution in [2.75, 3.05) is 6.54 Å². The Morgan fingerprint density at radius 3 is 2.90 bits per heavy atom. The van der Waals surface area contributed by atoms with Gasteiger partial charge in [0.1, 0.15) is 5.75 Å². The molecular formula is C17H19N3O. The van der Waals surface area contributed by atoms with Gasteiger partial charge in [-0.1, -0.05) is 19.1 Å². The van der Waals surface area contributed by atoms with E-state index >= 15 is 0 Å². The van der Waals surface area contributed by atoms with Crippen molar-refractivity contribution in [3.05, 3.63) is 53.2 Å². The van der Waals surface area contributed by atoms with E-state index in [9.17, 15) is 0 Å². The third-order valence-corrected chi connectivity index (χ3v) is 3.30. The molecule has 108 valence electrons. The lowest BCUT2D eigenvalue weighted by Gasteiger charge is -2.17. The molecular weight excluding hydrogens is 262 g/mol. The second-order valence-electron chi connectivity index (χ2n) is 4.87. The van der Waals surface area contributed by atoms with Crippen LogP contribution in [0.25, 0.3) is 0 Å². The van der Waals surface area contributed by atoms with Crippen LogP contribution in [0.15, 0.2) is 36.5 Å². The summed E-state index contributed by atoms with van der Waals surface area (Å²) in [5, 5.41) is 12.4. The van der Waals surface area contributed by atoms with E-state index in [2.05, 4.69) is 30.2 Å². The number of pyridine rings is 1. The molecule has 0 fully saturated rings. The molecule has 0 saturated heterocycles. The molecule has 21 heavy (non-hydrogen) atoms. The molecule has 4 nitrogen and oxygen atoms in total. The van der Waals surface area contributed by atoms with Gasteiger partial charge in [-0.25, -0.2) is 4.98 Å². The zero-order chi connectivity index (χ0) is 15.2. The van der Waals surface area contributed by atoms with Crippen LogP contribution in [0, 0.1) is 18.3 Å². The van der Waals surface area contributed by atoms with E-state index in [0.717, 1.165) is 17.7 Å². The fourth-order valence-electron chi connectivity index (χ4n) is 2.12. The monoisotopic (exact) mass is 281 g/mol. The number of rotatable bonds is 5. The van der Waals surface area contributed by atoms with Crippen molar-refractivity contribution in [3.63, 3.8) is 0 Å². The Hall–Kier alpha value is -2.38. The Labute approximate surface area is 125 Å². The first kappa shape index (κ1) is 15.0. The van der Waals surface area contributed by atoms with Gasteiger partial charge in [0.05, 0.1) is 11.6 Å². The van der Waals surface area contributed by atoms with E-state index in [-0.39, 0.29) is 6.04 Å². The first-order chi connectivity index (χ1) is 10.2. The van der Waals surface area contributed by atoms with Crippen LogP contribution >= 0.6 is 0 Å². The predicted molar refractivity (Wildman–Crippen MR) is 82.3 cm³/mol. The van der Waals surface area contributed by atoms with Crippen molar-refractivity contribution in [2.24, 2.45) is 0 Å². The van der Waals surface area contributed by atoms with Gasteiger partial charge < -0.3 is 10.1 Å². The van der Waals surface area contributed by atoms with Gasteiger partial charge in [-0.15, -0.1) is 0 Å². The molecule has 1 unspecified atom stereocenters. The second-order valence-corrected chi connectivity index (χ2v) is 4.87. The number of ether oxygens (including phenoxy) is 1. The Morgan fingerprint density at radius 2 is 2.19 bits per heavy atom. The highest BCUT2D eigenvalue weighted by Gasteiger charge is 2.13. The summed E-state index contributed by atoms with van der Waals surface area (Å²) in [5.74, 6) is 1.24. The third-order valence-electron chi connectivity index (χ3n) is 3.30. The molecule has 2 rings (SSSR count). The molecule has 4 heteroatoms. The average Bonchev–Trinajstić information content (AvgIpc) is 2.50. The fraction of sp³-hybridized carbons (Fsp3) is 0.294. The maximum absolute atomic E-state index is 9.00. The maximum Gasteiger partial charge on any atom is 0.223 e. The van der Waals surface area contributed by atoms with Crippen molar-refractivity contribution >= 4 is 0 Å². The van der Waals surface area contributed by atoms with E-state index in [1.54, 1.807) is 18.3 Å². The Kier molecular flexibility index (Phi) is 4.91. The van der Waals surface area contributed by atoms with Crippen molar-refractivity contribution in [2.45, 2.75) is 26.8 Å². The van der Waals surface area contributed by atoms with E-state index in [0.29, 0.717) is 17.2 Å². The summed E-state index contributed by atoms with van der Waals surface area (Å²) in [5.41, 5.74) is 2.55. The van der Waals surface area contributed by atoms with E-state index in [1.807, 2.05) is 25.1 Å². The van der Waals surface area contributed by atoms with E-state index < -0.39 is 0 Å². The van der Waals surface area contributed by atoms with Gasteiger partial charge in [-0.3, -0.25) is 0 Å². The van der Waals surface area contributed by atoms with E-state index in [1.165, 1.54) is 0 Å². The van der Waals surface area contributed by atoms with Gasteiger partial charge in [0.2, 0.25) is 5.88 Å². The number of nitrogens with zero attached hydrogens (tertiary/aromatic N) is 2. The van der Waals surface area contributed by atoms with Crippen molar-refractivity contribution in [3.8, 4) is 17.7 Å². The molecule has 1 aromatic heterocycles. The zero-order valence-electron chi connectivity index (χ0n) is 12.6. The zero-order valence-corrected chi connectivity index (χ0v) is 12.6. The highest BCUT2D eigenvalue weighted by Crippen LogP contribution is 2.29. The highest BCUT2D eigenvalue weighted by molar-refractivity contribution is 5.44. The largest absolute Gasteiger partial charge is 0.438 e. The highest BCUT2D eigenvalue weighted by atomic mass is 16.5. The van der Waals surface area contributed by atoms with Crippen LogP contribution in [0.5, 0.6) is 11.6 Å². The standard InChI is InChI=1S/C17H19N3O/c1-4-19-13(3)15-6-5-9-20-17(15)21-16-10-14(11-18)8-7-12(16)2/h5-10,13,19H,4H2,1-3H3. The summed E-state index contributed by atoms with van der Waals surface area (Å²) in [6, 6.07) is 11.6. The van der Waals surface area contributed by atoms with Gasteiger partial charge in [0.15, 0.2) is 0 Å². The van der Waals surface area contributed by atoms with Crippen LogP contribution in [-0.4, -0.2) is 11.5 Å². The van der Waals surface area contributed by atoms with Gasteiger partial charge >= 0.3 is 0 Å². The molecule has 0 saturated carbocycles. The van der Waals surface area contributed by atoms with Crippen molar-refractivity contribution in [1.82, 2.24) is 10.3 Å². The number of nitrogens with one attached hydrogen (secondary N) is 1. The molecule has 1 aromatic carbocycles. The van der Waals surface area contributed by atoms with Crippen LogP contribution < -0.4 is 10.1 Å². The SMILES string of the molecule is CCNC(C)c1cccnc1Oc1cc(C#N)ccc1C. The quantitative estimate of drug-likeness (QED) is 0.907. The van der Waals surface area contributed by atoms with Crippen LogP contribution in [0.3, 0.4) is 0 Å². The Balaban J connectivity index is 2.34. The minimum atomic E-state index is 0.151. The van der Waals surface area contributed by atoms with Gasteiger partial charge in [0.25, 0.3) is 0 Å². The van der Waals surface area contributed by atoms with Gasteiger partial charge in [-0.2, -0.15) is 5.26 Å². The summed E-state index contributed by atoms with van der Waals surface area (Å²) >= 11 is 0. The smallest absolute Gasteiger partial charge is 0.223 e. The molecule has 1 N–H and O–H groups in total.